The molecule has 0 bridgehead atoms. The van der Waals surface area contributed by atoms with Crippen molar-refractivity contribution in [3.63, 3.8) is 0 Å². The monoisotopic (exact) mass is 434 g/mol. The average molecular weight is 435 g/mol. The highest BCUT2D eigenvalue weighted by Crippen LogP contribution is 2.27. The van der Waals surface area contributed by atoms with Gasteiger partial charge in [0.05, 0.1) is 28.5 Å². The van der Waals surface area contributed by atoms with Crippen LogP contribution >= 0.6 is 11.6 Å². The molecule has 0 aromatic heterocycles. The van der Waals surface area contributed by atoms with Gasteiger partial charge in [-0.2, -0.15) is 0 Å². The molecule has 0 aliphatic heterocycles. The van der Waals surface area contributed by atoms with Crippen molar-refractivity contribution in [3.05, 3.63) is 74.8 Å². The first-order valence-corrected chi connectivity index (χ1v) is 9.30. The van der Waals surface area contributed by atoms with Gasteiger partial charge in [-0.15, -0.1) is 0 Å². The summed E-state index contributed by atoms with van der Waals surface area (Å²) in [6.07, 6.45) is -0.356. The van der Waals surface area contributed by atoms with Gasteiger partial charge in [-0.1, -0.05) is 35.9 Å². The Morgan fingerprint density at radius 3 is 2.33 bits per heavy atom. The molecular formula is C20H19ClN2O7. The fourth-order valence-corrected chi connectivity index (χ4v) is 3.09. The number of nitrogens with zero attached hydrogens (tertiary/aromatic N) is 1. The zero-order chi connectivity index (χ0) is 22.3. The van der Waals surface area contributed by atoms with Crippen molar-refractivity contribution in [2.45, 2.75) is 25.3 Å². The van der Waals surface area contributed by atoms with Gasteiger partial charge in [-0.05, 0) is 24.6 Å². The largest absolute Gasteiger partial charge is 0.480 e. The van der Waals surface area contributed by atoms with E-state index < -0.39 is 34.7 Å². The quantitative estimate of drug-likeness (QED) is 0.351. The van der Waals surface area contributed by atoms with Gasteiger partial charge in [-0.25, -0.2) is 4.79 Å². The summed E-state index contributed by atoms with van der Waals surface area (Å²) in [5, 5.41) is 23.2. The van der Waals surface area contributed by atoms with Crippen LogP contribution in [0.4, 0.5) is 5.69 Å². The molecule has 0 fully saturated rings. The molecule has 0 aliphatic carbocycles. The first-order chi connectivity index (χ1) is 14.2. The van der Waals surface area contributed by atoms with E-state index in [0.29, 0.717) is 5.56 Å². The van der Waals surface area contributed by atoms with E-state index in [1.54, 1.807) is 19.1 Å². The lowest BCUT2D eigenvalue weighted by molar-refractivity contribution is -0.384. The number of benzene rings is 2. The Hall–Kier alpha value is -3.46. The molecular weight excluding hydrogens is 416 g/mol. The number of non-ortho nitro benzene ring substituents is 1. The van der Waals surface area contributed by atoms with Crippen LogP contribution in [0.5, 0.6) is 0 Å². The first-order valence-electron chi connectivity index (χ1n) is 8.92. The van der Waals surface area contributed by atoms with Crippen molar-refractivity contribution in [1.29, 1.82) is 0 Å². The van der Waals surface area contributed by atoms with Gasteiger partial charge in [0.2, 0.25) is 0 Å². The van der Waals surface area contributed by atoms with E-state index >= 15 is 0 Å². The first kappa shape index (κ1) is 22.8. The van der Waals surface area contributed by atoms with E-state index in [2.05, 4.69) is 5.32 Å². The van der Waals surface area contributed by atoms with Gasteiger partial charge in [0.25, 0.3) is 11.6 Å². The minimum atomic E-state index is -1.51. The molecule has 0 spiro atoms. The molecule has 2 rings (SSSR count). The highest BCUT2D eigenvalue weighted by molar-refractivity contribution is 6.33. The molecule has 30 heavy (non-hydrogen) atoms. The Morgan fingerprint density at radius 1 is 1.17 bits per heavy atom. The molecule has 0 unspecified atom stereocenters. The van der Waals surface area contributed by atoms with Crippen molar-refractivity contribution < 1.29 is 29.2 Å². The number of amides is 1. The minimum absolute atomic E-state index is 0.0731. The number of ether oxygens (including phenoxy) is 1. The van der Waals surface area contributed by atoms with E-state index in [-0.39, 0.29) is 29.3 Å². The molecule has 0 radical (unpaired) electrons. The molecule has 2 aromatic carbocycles. The molecule has 1 amide bonds. The third-order valence-corrected chi connectivity index (χ3v) is 4.63. The van der Waals surface area contributed by atoms with E-state index in [9.17, 15) is 29.6 Å². The van der Waals surface area contributed by atoms with Gasteiger partial charge in [-0.3, -0.25) is 19.7 Å². The molecule has 2 aromatic rings. The van der Waals surface area contributed by atoms with Gasteiger partial charge < -0.3 is 15.2 Å². The molecule has 0 saturated carbocycles. The molecule has 10 heteroatoms. The second-order valence-electron chi connectivity index (χ2n) is 6.23. The molecule has 0 saturated heterocycles. The summed E-state index contributed by atoms with van der Waals surface area (Å²) < 4.78 is 4.92. The Labute approximate surface area is 176 Å². The average Bonchev–Trinajstić information content (AvgIpc) is 2.70. The summed E-state index contributed by atoms with van der Waals surface area (Å²) in [6.45, 7) is 1.70. The van der Waals surface area contributed by atoms with Crippen LogP contribution in [0.2, 0.25) is 5.02 Å². The second kappa shape index (κ2) is 10.4. The zero-order valence-electron chi connectivity index (χ0n) is 15.9. The van der Waals surface area contributed by atoms with Crippen molar-refractivity contribution >= 4 is 35.1 Å². The Morgan fingerprint density at radius 2 is 1.80 bits per heavy atom. The predicted molar refractivity (Wildman–Crippen MR) is 107 cm³/mol. The number of rotatable bonds is 9. The number of carbonyl (C=O) groups is 3. The van der Waals surface area contributed by atoms with Crippen LogP contribution in [0, 0.1) is 10.1 Å². The standard InChI is InChI=1S/C20H19ClN2O7/c1-2-30-17(24)11-15(12-7-9-13(10-8-12)23(28)29)18(20(26)27)22-19(25)14-5-3-4-6-16(14)21/h3-10,15,18H,2,11H2,1H3,(H,22,25)(H,26,27)/t15-,18-/m1/s1. The number of halogens is 1. The number of carboxylic acid groups (broad SMARTS) is 1. The SMILES string of the molecule is CCOC(=O)C[C@H](c1ccc([N+](=O)[O-])cc1)[C@@H](NC(=O)c1ccccc1Cl)C(=O)O. The van der Waals surface area contributed by atoms with Crippen LogP contribution in [-0.4, -0.2) is 40.5 Å². The normalized spacial score (nSPS) is 12.5. The zero-order valence-corrected chi connectivity index (χ0v) is 16.7. The van der Waals surface area contributed by atoms with Crippen LogP contribution in [0.1, 0.15) is 35.2 Å². The third-order valence-electron chi connectivity index (χ3n) is 4.30. The number of carboxylic acids is 1. The fraction of sp³-hybridized carbons (Fsp3) is 0.250. The van der Waals surface area contributed by atoms with Crippen LogP contribution in [0.15, 0.2) is 48.5 Å². The predicted octanol–water partition coefficient (Wildman–Crippen LogP) is 3.17. The summed E-state index contributed by atoms with van der Waals surface area (Å²) in [6, 6.07) is 9.68. The van der Waals surface area contributed by atoms with Gasteiger partial charge in [0.15, 0.2) is 0 Å². The molecule has 0 heterocycles. The van der Waals surface area contributed by atoms with Crippen molar-refractivity contribution in [2.75, 3.05) is 6.61 Å². The lowest BCUT2D eigenvalue weighted by atomic mass is 9.88. The Bertz CT molecular complexity index is 946. The maximum absolute atomic E-state index is 12.6. The highest BCUT2D eigenvalue weighted by atomic mass is 35.5. The summed E-state index contributed by atoms with van der Waals surface area (Å²) >= 11 is 6.01. The molecule has 2 N–H and O–H groups in total. The number of carbonyl (C=O) groups excluding carboxylic acids is 2. The van der Waals surface area contributed by atoms with Gasteiger partial charge in [0, 0.05) is 18.1 Å². The number of esters is 1. The van der Waals surface area contributed by atoms with Crippen molar-refractivity contribution in [1.82, 2.24) is 5.32 Å². The molecule has 0 aliphatic rings. The fourth-order valence-electron chi connectivity index (χ4n) is 2.87. The number of nitrogens with one attached hydrogen (secondary N) is 1. The Kier molecular flexibility index (Phi) is 7.88. The number of nitro groups is 1. The number of hydrogen-bond donors (Lipinski definition) is 2. The maximum Gasteiger partial charge on any atom is 0.326 e. The maximum atomic E-state index is 12.6. The van der Waals surface area contributed by atoms with Crippen LogP contribution in [0.25, 0.3) is 0 Å². The minimum Gasteiger partial charge on any atom is -0.480 e. The van der Waals surface area contributed by atoms with Crippen LogP contribution < -0.4 is 5.32 Å². The van der Waals surface area contributed by atoms with Crippen LogP contribution in [0.3, 0.4) is 0 Å². The lowest BCUT2D eigenvalue weighted by Gasteiger charge is -2.25. The summed E-state index contributed by atoms with van der Waals surface area (Å²) in [4.78, 5) is 47.0. The smallest absolute Gasteiger partial charge is 0.326 e. The molecule has 2 atom stereocenters. The molecule has 9 nitrogen and oxygen atoms in total. The number of aliphatic carboxylic acids is 1. The van der Waals surface area contributed by atoms with E-state index in [4.69, 9.17) is 16.3 Å². The topological polar surface area (TPSA) is 136 Å². The highest BCUT2D eigenvalue weighted by Gasteiger charge is 2.34. The van der Waals surface area contributed by atoms with Gasteiger partial charge >= 0.3 is 11.9 Å². The van der Waals surface area contributed by atoms with E-state index in [1.807, 2.05) is 0 Å². The van der Waals surface area contributed by atoms with E-state index in [1.165, 1.54) is 36.4 Å². The summed E-state index contributed by atoms with van der Waals surface area (Å²) in [7, 11) is 0. The summed E-state index contributed by atoms with van der Waals surface area (Å²) in [5.41, 5.74) is 0.199. The lowest BCUT2D eigenvalue weighted by Crippen LogP contribution is -2.45. The van der Waals surface area contributed by atoms with Gasteiger partial charge in [0.1, 0.15) is 6.04 Å². The van der Waals surface area contributed by atoms with Crippen LogP contribution in [-0.2, 0) is 14.3 Å². The van der Waals surface area contributed by atoms with E-state index in [0.717, 1.165) is 0 Å². The summed E-state index contributed by atoms with van der Waals surface area (Å²) in [5.74, 6) is -3.82. The Balaban J connectivity index is 2.39. The molecule has 158 valence electrons. The number of nitro benzene ring substituents is 1. The van der Waals surface area contributed by atoms with Crippen molar-refractivity contribution in [2.24, 2.45) is 0 Å². The third kappa shape index (κ3) is 5.77. The number of hydrogen-bond acceptors (Lipinski definition) is 6. The second-order valence-corrected chi connectivity index (χ2v) is 6.64. The van der Waals surface area contributed by atoms with Crippen molar-refractivity contribution in [3.8, 4) is 0 Å².